The molecule has 0 aliphatic heterocycles. The van der Waals surface area contributed by atoms with Crippen LogP contribution in [0.4, 0.5) is 5.00 Å². The second-order valence-corrected chi connectivity index (χ2v) is 8.82. The molecular weight excluding hydrogens is 442 g/mol. The summed E-state index contributed by atoms with van der Waals surface area (Å²) >= 11 is 1.40. The molecule has 3 aromatic rings. The number of rotatable bonds is 7. The number of aromatic nitrogens is 2. The lowest BCUT2D eigenvalue weighted by molar-refractivity contribution is -0.124. The van der Waals surface area contributed by atoms with E-state index in [4.69, 9.17) is 9.47 Å². The van der Waals surface area contributed by atoms with E-state index < -0.39 is 23.9 Å². The average molecular weight is 468 g/mol. The number of amides is 1. The number of nitrogens with one attached hydrogen (secondary N) is 2. The first kappa shape index (κ1) is 22.7. The second kappa shape index (κ2) is 9.99. The molecule has 9 heteroatoms. The third kappa shape index (κ3) is 4.83. The summed E-state index contributed by atoms with van der Waals surface area (Å²) in [5.41, 5.74) is 2.53. The number of nitrogens with zero attached hydrogens (tertiary/aromatic N) is 1. The Hall–Kier alpha value is -3.46. The molecule has 2 aromatic heterocycles. The van der Waals surface area contributed by atoms with Gasteiger partial charge >= 0.3 is 11.9 Å². The molecule has 0 saturated carbocycles. The lowest BCUT2D eigenvalue weighted by atomic mass is 9.95. The zero-order chi connectivity index (χ0) is 23.4. The van der Waals surface area contributed by atoms with Gasteiger partial charge in [-0.25, -0.2) is 14.6 Å². The number of esters is 2. The van der Waals surface area contributed by atoms with Crippen molar-refractivity contribution < 1.29 is 23.9 Å². The van der Waals surface area contributed by atoms with E-state index in [2.05, 4.69) is 15.3 Å². The topological polar surface area (TPSA) is 110 Å². The molecule has 4 rings (SSSR count). The fraction of sp³-hybridized carbons (Fsp3) is 0.333. The molecule has 1 unspecified atom stereocenters. The van der Waals surface area contributed by atoms with Gasteiger partial charge in [-0.15, -0.1) is 11.3 Å². The molecule has 1 aliphatic carbocycles. The SMILES string of the molecule is CCC(OC(=O)c1ccc(-c2ncc[nH]2)cc1)C(=O)Nc1sc2c(c1C(=O)OC)CCCC2. The summed E-state index contributed by atoms with van der Waals surface area (Å²) in [5, 5.41) is 3.26. The number of aromatic amines is 1. The number of imidazole rings is 1. The lowest BCUT2D eigenvalue weighted by Gasteiger charge is -2.16. The third-order valence-corrected chi connectivity index (χ3v) is 6.81. The number of hydrogen-bond acceptors (Lipinski definition) is 7. The Morgan fingerprint density at radius 1 is 1.15 bits per heavy atom. The molecule has 1 amide bonds. The number of anilines is 1. The van der Waals surface area contributed by atoms with Crippen LogP contribution in [-0.2, 0) is 27.1 Å². The molecule has 0 bridgehead atoms. The van der Waals surface area contributed by atoms with Crippen molar-refractivity contribution in [1.82, 2.24) is 9.97 Å². The summed E-state index contributed by atoms with van der Waals surface area (Å²) in [6.07, 6.45) is 6.37. The zero-order valence-corrected chi connectivity index (χ0v) is 19.3. The van der Waals surface area contributed by atoms with Gasteiger partial charge < -0.3 is 19.8 Å². The zero-order valence-electron chi connectivity index (χ0n) is 18.5. The predicted octanol–water partition coefficient (Wildman–Crippen LogP) is 4.38. The maximum absolute atomic E-state index is 12.9. The normalized spacial score (nSPS) is 13.6. The summed E-state index contributed by atoms with van der Waals surface area (Å²) < 4.78 is 10.4. The molecule has 1 aromatic carbocycles. The summed E-state index contributed by atoms with van der Waals surface area (Å²) in [6.45, 7) is 1.76. The highest BCUT2D eigenvalue weighted by molar-refractivity contribution is 7.17. The number of benzene rings is 1. The van der Waals surface area contributed by atoms with Crippen LogP contribution in [0.15, 0.2) is 36.7 Å². The van der Waals surface area contributed by atoms with Crippen molar-refractivity contribution >= 4 is 34.2 Å². The van der Waals surface area contributed by atoms with Crippen molar-refractivity contribution in [2.24, 2.45) is 0 Å². The number of aryl methyl sites for hydroxylation is 1. The van der Waals surface area contributed by atoms with Crippen LogP contribution in [0.25, 0.3) is 11.4 Å². The molecule has 2 heterocycles. The largest absolute Gasteiger partial charge is 0.465 e. The van der Waals surface area contributed by atoms with Gasteiger partial charge in [0.05, 0.1) is 18.2 Å². The third-order valence-electron chi connectivity index (χ3n) is 5.60. The monoisotopic (exact) mass is 467 g/mol. The Kier molecular flexibility index (Phi) is 6.88. The highest BCUT2D eigenvalue weighted by Crippen LogP contribution is 2.38. The number of ether oxygens (including phenoxy) is 2. The lowest BCUT2D eigenvalue weighted by Crippen LogP contribution is -2.32. The Morgan fingerprint density at radius 3 is 2.58 bits per heavy atom. The predicted molar refractivity (Wildman–Crippen MR) is 124 cm³/mol. The van der Waals surface area contributed by atoms with Gasteiger partial charge in [0, 0.05) is 22.8 Å². The molecule has 33 heavy (non-hydrogen) atoms. The number of carbonyl (C=O) groups excluding carboxylic acids is 3. The van der Waals surface area contributed by atoms with E-state index in [1.807, 2.05) is 0 Å². The minimum absolute atomic E-state index is 0.292. The number of fused-ring (bicyclic) bond motifs is 1. The van der Waals surface area contributed by atoms with Crippen LogP contribution in [-0.4, -0.2) is 41.0 Å². The molecule has 172 valence electrons. The quantitative estimate of drug-likeness (QED) is 0.499. The smallest absolute Gasteiger partial charge is 0.341 e. The number of hydrogen-bond donors (Lipinski definition) is 2. The number of H-pyrrole nitrogens is 1. The van der Waals surface area contributed by atoms with Crippen LogP contribution in [0.1, 0.15) is 57.3 Å². The van der Waals surface area contributed by atoms with Gasteiger partial charge in [-0.2, -0.15) is 0 Å². The van der Waals surface area contributed by atoms with Gasteiger partial charge in [-0.05, 0) is 49.8 Å². The molecule has 0 fully saturated rings. The standard InChI is InChI=1S/C24H25N3O5S/c1-3-17(32-23(29)15-10-8-14(9-11-15)20-25-12-13-26-20)21(28)27-22-19(24(30)31-2)16-6-4-5-7-18(16)33-22/h8-13,17H,3-7H2,1-2H3,(H,25,26)(H,27,28). The maximum atomic E-state index is 12.9. The van der Waals surface area contributed by atoms with Gasteiger partial charge in [-0.3, -0.25) is 4.79 Å². The Labute approximate surface area is 195 Å². The van der Waals surface area contributed by atoms with Crippen LogP contribution in [0.2, 0.25) is 0 Å². The van der Waals surface area contributed by atoms with E-state index in [1.165, 1.54) is 18.4 Å². The fourth-order valence-electron chi connectivity index (χ4n) is 3.87. The number of carbonyl (C=O) groups is 3. The molecule has 0 spiro atoms. The van der Waals surface area contributed by atoms with Crippen molar-refractivity contribution in [3.63, 3.8) is 0 Å². The Balaban J connectivity index is 1.47. The Morgan fingerprint density at radius 2 is 1.91 bits per heavy atom. The molecule has 2 N–H and O–H groups in total. The first-order valence-electron chi connectivity index (χ1n) is 10.9. The van der Waals surface area contributed by atoms with Gasteiger partial charge in [0.2, 0.25) is 0 Å². The van der Waals surface area contributed by atoms with Crippen LogP contribution in [0.3, 0.4) is 0 Å². The highest BCUT2D eigenvalue weighted by Gasteiger charge is 2.29. The second-order valence-electron chi connectivity index (χ2n) is 7.71. The van der Waals surface area contributed by atoms with Crippen molar-refractivity contribution in [3.05, 3.63) is 58.2 Å². The van der Waals surface area contributed by atoms with Crippen molar-refractivity contribution in [2.75, 3.05) is 12.4 Å². The van der Waals surface area contributed by atoms with Crippen LogP contribution < -0.4 is 5.32 Å². The average Bonchev–Trinajstić information content (AvgIpc) is 3.50. The maximum Gasteiger partial charge on any atom is 0.341 e. The minimum atomic E-state index is -0.994. The molecule has 0 radical (unpaired) electrons. The van der Waals surface area contributed by atoms with Gasteiger partial charge in [0.25, 0.3) is 5.91 Å². The van der Waals surface area contributed by atoms with E-state index in [1.54, 1.807) is 43.6 Å². The van der Waals surface area contributed by atoms with Gasteiger partial charge in [0.1, 0.15) is 10.8 Å². The summed E-state index contributed by atoms with van der Waals surface area (Å²) in [7, 11) is 1.33. The molecule has 1 atom stereocenters. The van der Waals surface area contributed by atoms with E-state index in [-0.39, 0.29) is 0 Å². The van der Waals surface area contributed by atoms with Crippen LogP contribution in [0, 0.1) is 0 Å². The molecule has 1 aliphatic rings. The van der Waals surface area contributed by atoms with Gasteiger partial charge in [-0.1, -0.05) is 19.1 Å². The number of thiophene rings is 1. The van der Waals surface area contributed by atoms with E-state index >= 15 is 0 Å². The number of methoxy groups -OCH3 is 1. The van der Waals surface area contributed by atoms with Gasteiger partial charge in [0.15, 0.2) is 6.10 Å². The first-order chi connectivity index (χ1) is 16.0. The molecular formula is C24H25N3O5S. The van der Waals surface area contributed by atoms with Crippen molar-refractivity contribution in [1.29, 1.82) is 0 Å². The highest BCUT2D eigenvalue weighted by atomic mass is 32.1. The summed E-state index contributed by atoms with van der Waals surface area (Å²) in [6, 6.07) is 6.78. The summed E-state index contributed by atoms with van der Waals surface area (Å²) in [5.74, 6) is -0.837. The molecule has 0 saturated heterocycles. The Bertz CT molecular complexity index is 1150. The van der Waals surface area contributed by atoms with Crippen molar-refractivity contribution in [3.8, 4) is 11.4 Å². The van der Waals surface area contributed by atoms with E-state index in [9.17, 15) is 14.4 Å². The van der Waals surface area contributed by atoms with Crippen LogP contribution >= 0.6 is 11.3 Å². The molecule has 8 nitrogen and oxygen atoms in total. The van der Waals surface area contributed by atoms with Crippen molar-refractivity contribution in [2.45, 2.75) is 45.1 Å². The summed E-state index contributed by atoms with van der Waals surface area (Å²) in [4.78, 5) is 46.3. The fourth-order valence-corrected chi connectivity index (χ4v) is 5.15. The first-order valence-corrected chi connectivity index (χ1v) is 11.7. The van der Waals surface area contributed by atoms with E-state index in [0.29, 0.717) is 28.4 Å². The van der Waals surface area contributed by atoms with Crippen LogP contribution in [0.5, 0.6) is 0 Å². The van der Waals surface area contributed by atoms with E-state index in [0.717, 1.165) is 41.7 Å². The minimum Gasteiger partial charge on any atom is -0.465 e.